The summed E-state index contributed by atoms with van der Waals surface area (Å²) in [4.78, 5) is 15.7. The number of hydrogen-bond donors (Lipinski definition) is 1. The zero-order valence-electron chi connectivity index (χ0n) is 18.3. The van der Waals surface area contributed by atoms with E-state index in [1.54, 1.807) is 24.2 Å². The van der Waals surface area contributed by atoms with E-state index in [0.717, 1.165) is 60.2 Å². The number of rotatable bonds is 6. The van der Waals surface area contributed by atoms with Gasteiger partial charge < -0.3 is 10.5 Å². The van der Waals surface area contributed by atoms with Crippen LogP contribution in [0.5, 0.6) is 5.75 Å². The van der Waals surface area contributed by atoms with Gasteiger partial charge in [-0.3, -0.25) is 9.47 Å². The second kappa shape index (κ2) is 9.59. The molecule has 1 aliphatic heterocycles. The number of fused-ring (bicyclic) bond motifs is 1. The Bertz CT molecular complexity index is 1250. The second-order valence-electron chi connectivity index (χ2n) is 8.11. The second-order valence-corrected chi connectivity index (χ2v) is 9.32. The molecule has 33 heavy (non-hydrogen) atoms. The fraction of sp³-hybridized carbons (Fsp3) is 0.292. The normalized spacial score (nSPS) is 15.2. The highest BCUT2D eigenvalue weighted by Crippen LogP contribution is 2.28. The summed E-state index contributed by atoms with van der Waals surface area (Å²) in [6.07, 6.45) is 7.64. The maximum Gasteiger partial charge on any atom is 0.174 e. The average molecular weight is 481 g/mol. The number of benzene rings is 1. The first kappa shape index (κ1) is 22.0. The lowest BCUT2D eigenvalue weighted by atomic mass is 10.1. The van der Waals surface area contributed by atoms with Crippen molar-refractivity contribution >= 4 is 40.3 Å². The van der Waals surface area contributed by atoms with E-state index in [0.29, 0.717) is 10.8 Å². The number of thioether (sulfide) groups is 1. The predicted octanol–water partition coefficient (Wildman–Crippen LogP) is 4.82. The van der Waals surface area contributed by atoms with Crippen molar-refractivity contribution in [3.63, 3.8) is 0 Å². The summed E-state index contributed by atoms with van der Waals surface area (Å²) in [5, 5.41) is 1.45. The molecule has 1 aromatic carbocycles. The van der Waals surface area contributed by atoms with E-state index in [9.17, 15) is 0 Å². The standard InChI is InChI=1S/C24H25ClN6OS/c1-33-24-29-21-13-17(25)14-28-23(21)31(24)18-2-4-19(5-3-18)32-20-7-10-30(11-8-20)15-16-6-9-27-22(26)12-16/h2-6,9,12-14,20H,7-8,10-11,15H2,1H3,(H2,26,27). The van der Waals surface area contributed by atoms with Crippen molar-refractivity contribution in [1.29, 1.82) is 0 Å². The van der Waals surface area contributed by atoms with Crippen LogP contribution in [-0.2, 0) is 6.54 Å². The minimum atomic E-state index is 0.217. The maximum absolute atomic E-state index is 6.29. The quantitative estimate of drug-likeness (QED) is 0.396. The van der Waals surface area contributed by atoms with Crippen molar-refractivity contribution in [1.82, 2.24) is 24.4 Å². The van der Waals surface area contributed by atoms with Gasteiger partial charge in [0.25, 0.3) is 0 Å². The van der Waals surface area contributed by atoms with Gasteiger partial charge in [-0.2, -0.15) is 0 Å². The van der Waals surface area contributed by atoms with Crippen LogP contribution in [0.3, 0.4) is 0 Å². The zero-order valence-corrected chi connectivity index (χ0v) is 19.9. The van der Waals surface area contributed by atoms with Crippen LogP contribution in [0.1, 0.15) is 18.4 Å². The van der Waals surface area contributed by atoms with Gasteiger partial charge in [0.15, 0.2) is 10.8 Å². The predicted molar refractivity (Wildman–Crippen MR) is 133 cm³/mol. The van der Waals surface area contributed by atoms with E-state index in [1.807, 2.05) is 41.2 Å². The van der Waals surface area contributed by atoms with E-state index < -0.39 is 0 Å². The molecule has 1 aliphatic rings. The lowest BCUT2D eigenvalue weighted by Crippen LogP contribution is -2.37. The number of ether oxygens (including phenoxy) is 1. The molecular formula is C24H25ClN6OS. The van der Waals surface area contributed by atoms with Crippen molar-refractivity contribution in [2.24, 2.45) is 0 Å². The van der Waals surface area contributed by atoms with Crippen LogP contribution in [0.2, 0.25) is 5.02 Å². The Hall–Kier alpha value is -2.81. The van der Waals surface area contributed by atoms with Gasteiger partial charge in [-0.1, -0.05) is 23.4 Å². The first-order valence-electron chi connectivity index (χ1n) is 10.9. The van der Waals surface area contributed by atoms with E-state index in [1.165, 1.54) is 5.56 Å². The van der Waals surface area contributed by atoms with Crippen LogP contribution >= 0.6 is 23.4 Å². The summed E-state index contributed by atoms with van der Waals surface area (Å²) < 4.78 is 8.33. The van der Waals surface area contributed by atoms with Gasteiger partial charge in [0.1, 0.15) is 23.2 Å². The summed E-state index contributed by atoms with van der Waals surface area (Å²) in [5.41, 5.74) is 9.57. The third-order valence-electron chi connectivity index (χ3n) is 5.80. The van der Waals surface area contributed by atoms with Gasteiger partial charge in [-0.25, -0.2) is 15.0 Å². The van der Waals surface area contributed by atoms with Crippen LogP contribution in [0.4, 0.5) is 5.82 Å². The minimum Gasteiger partial charge on any atom is -0.490 e. The number of likely N-dealkylation sites (tertiary alicyclic amines) is 1. The van der Waals surface area contributed by atoms with Crippen LogP contribution < -0.4 is 10.5 Å². The Morgan fingerprint density at radius 1 is 1.12 bits per heavy atom. The third-order valence-corrected chi connectivity index (χ3v) is 6.65. The number of pyridine rings is 2. The molecule has 0 radical (unpaired) electrons. The van der Waals surface area contributed by atoms with E-state index >= 15 is 0 Å². The Morgan fingerprint density at radius 2 is 1.91 bits per heavy atom. The number of imidazole rings is 1. The summed E-state index contributed by atoms with van der Waals surface area (Å²) in [7, 11) is 0. The Kier molecular flexibility index (Phi) is 6.39. The third kappa shape index (κ3) is 4.93. The number of hydrogen-bond acceptors (Lipinski definition) is 7. The summed E-state index contributed by atoms with van der Waals surface area (Å²) in [6, 6.07) is 14.0. The molecule has 1 saturated heterocycles. The summed E-state index contributed by atoms with van der Waals surface area (Å²) >= 11 is 7.67. The monoisotopic (exact) mass is 480 g/mol. The number of anilines is 1. The SMILES string of the molecule is CSc1nc2cc(Cl)cnc2n1-c1ccc(OC2CCN(Cc3ccnc(N)c3)CC2)cc1. The molecule has 5 rings (SSSR count). The van der Waals surface area contributed by atoms with Crippen LogP contribution in [0.15, 0.2) is 60.0 Å². The Labute approximate surface area is 201 Å². The van der Waals surface area contributed by atoms with Crippen LogP contribution in [0.25, 0.3) is 16.9 Å². The molecule has 9 heteroatoms. The molecule has 7 nitrogen and oxygen atoms in total. The van der Waals surface area contributed by atoms with Gasteiger partial charge in [-0.15, -0.1) is 0 Å². The molecule has 0 unspecified atom stereocenters. The number of nitrogens with zero attached hydrogens (tertiary/aromatic N) is 5. The highest BCUT2D eigenvalue weighted by atomic mass is 35.5. The summed E-state index contributed by atoms with van der Waals surface area (Å²) in [6.45, 7) is 2.89. The first-order valence-corrected chi connectivity index (χ1v) is 12.5. The fourth-order valence-corrected chi connectivity index (χ4v) is 4.91. The Balaban J connectivity index is 1.23. The molecule has 4 heterocycles. The zero-order chi connectivity index (χ0) is 22.8. The topological polar surface area (TPSA) is 82.1 Å². The number of nitrogens with two attached hydrogens (primary N) is 1. The number of aromatic nitrogens is 4. The van der Waals surface area contributed by atoms with Gasteiger partial charge >= 0.3 is 0 Å². The molecular weight excluding hydrogens is 456 g/mol. The molecule has 2 N–H and O–H groups in total. The molecule has 0 amide bonds. The van der Waals surface area contributed by atoms with E-state index in [2.05, 4.69) is 32.0 Å². The highest BCUT2D eigenvalue weighted by molar-refractivity contribution is 7.98. The molecule has 0 saturated carbocycles. The number of halogens is 1. The first-order chi connectivity index (χ1) is 16.1. The molecule has 0 atom stereocenters. The summed E-state index contributed by atoms with van der Waals surface area (Å²) in [5.74, 6) is 1.45. The fourth-order valence-electron chi connectivity index (χ4n) is 4.19. The molecule has 0 bridgehead atoms. The number of nitrogen functional groups attached to an aromatic ring is 1. The molecule has 0 spiro atoms. The highest BCUT2D eigenvalue weighted by Gasteiger charge is 2.21. The van der Waals surface area contributed by atoms with Gasteiger partial charge in [0.05, 0.1) is 5.02 Å². The van der Waals surface area contributed by atoms with Crippen LogP contribution in [0, 0.1) is 0 Å². The van der Waals surface area contributed by atoms with Crippen LogP contribution in [-0.4, -0.2) is 49.9 Å². The minimum absolute atomic E-state index is 0.217. The Morgan fingerprint density at radius 3 is 2.64 bits per heavy atom. The van der Waals surface area contributed by atoms with E-state index in [4.69, 9.17) is 22.1 Å². The smallest absolute Gasteiger partial charge is 0.174 e. The van der Waals surface area contributed by atoms with Crippen molar-refractivity contribution in [2.75, 3.05) is 25.1 Å². The molecule has 3 aromatic heterocycles. The van der Waals surface area contributed by atoms with Crippen molar-refractivity contribution in [2.45, 2.75) is 30.6 Å². The van der Waals surface area contributed by atoms with E-state index in [-0.39, 0.29) is 6.10 Å². The average Bonchev–Trinajstić information content (AvgIpc) is 3.18. The molecule has 1 fully saturated rings. The van der Waals surface area contributed by atoms with Gasteiger partial charge in [0.2, 0.25) is 0 Å². The van der Waals surface area contributed by atoms with Gasteiger partial charge in [-0.05, 0) is 67.1 Å². The molecule has 4 aromatic rings. The van der Waals surface area contributed by atoms with Crippen molar-refractivity contribution in [3.8, 4) is 11.4 Å². The van der Waals surface area contributed by atoms with Crippen molar-refractivity contribution in [3.05, 3.63) is 65.4 Å². The van der Waals surface area contributed by atoms with Gasteiger partial charge in [0, 0.05) is 37.7 Å². The molecule has 0 aliphatic carbocycles. The largest absolute Gasteiger partial charge is 0.490 e. The lowest BCUT2D eigenvalue weighted by molar-refractivity contribution is 0.0968. The lowest BCUT2D eigenvalue weighted by Gasteiger charge is -2.32. The van der Waals surface area contributed by atoms with Crippen molar-refractivity contribution < 1.29 is 4.74 Å². The maximum atomic E-state index is 6.29. The number of piperidine rings is 1. The molecule has 170 valence electrons.